The van der Waals surface area contributed by atoms with Crippen LogP contribution in [0.15, 0.2) is 91.0 Å². The molecule has 0 radical (unpaired) electrons. The van der Waals surface area contributed by atoms with Gasteiger partial charge in [-0.15, -0.1) is 0 Å². The molecule has 1 N–H and O–H groups in total. The second-order valence-corrected chi connectivity index (χ2v) is 10.3. The van der Waals surface area contributed by atoms with E-state index in [0.717, 1.165) is 44.1 Å². The Morgan fingerprint density at radius 2 is 1.57 bits per heavy atom. The number of halogens is 1. The average Bonchev–Trinajstić information content (AvgIpc) is 3.30. The number of amides is 2. The predicted octanol–water partition coefficient (Wildman–Crippen LogP) is 5.86. The van der Waals surface area contributed by atoms with E-state index >= 15 is 0 Å². The first-order valence-corrected chi connectivity index (χ1v) is 12.9. The highest BCUT2D eigenvalue weighted by Gasteiger charge is 2.48. The van der Waals surface area contributed by atoms with Gasteiger partial charge in [0.15, 0.2) is 0 Å². The highest BCUT2D eigenvalue weighted by atomic mass is 35.5. The fourth-order valence-corrected chi connectivity index (χ4v) is 6.21. The van der Waals surface area contributed by atoms with E-state index in [9.17, 15) is 9.59 Å². The lowest BCUT2D eigenvalue weighted by Gasteiger charge is -2.47. The van der Waals surface area contributed by atoms with E-state index in [4.69, 9.17) is 11.6 Å². The second-order valence-electron chi connectivity index (χ2n) is 9.88. The van der Waals surface area contributed by atoms with Gasteiger partial charge >= 0.3 is 0 Å². The van der Waals surface area contributed by atoms with Gasteiger partial charge in [-0.25, -0.2) is 0 Å². The first kappa shape index (κ1) is 22.1. The zero-order valence-electron chi connectivity index (χ0n) is 20.0. The average molecular weight is 506 g/mol. The van der Waals surface area contributed by atoms with Crippen molar-refractivity contribution >= 4 is 45.1 Å². The second kappa shape index (κ2) is 8.49. The zero-order valence-corrected chi connectivity index (χ0v) is 20.8. The van der Waals surface area contributed by atoms with Gasteiger partial charge in [-0.2, -0.15) is 0 Å². The van der Waals surface area contributed by atoms with Crippen LogP contribution in [0.4, 0.5) is 0 Å². The number of benzene rings is 4. The van der Waals surface area contributed by atoms with Gasteiger partial charge in [0.2, 0.25) is 11.8 Å². The summed E-state index contributed by atoms with van der Waals surface area (Å²) in [5, 5.41) is 3.95. The maximum absolute atomic E-state index is 14.0. The van der Waals surface area contributed by atoms with Crippen molar-refractivity contribution in [3.05, 3.63) is 118 Å². The number of carbonyl (C=O) groups is 2. The van der Waals surface area contributed by atoms with Crippen molar-refractivity contribution in [3.63, 3.8) is 0 Å². The number of hydrogen-bond donors (Lipinski definition) is 1. The fraction of sp³-hybridized carbons (Fsp3) is 0.161. The van der Waals surface area contributed by atoms with Crippen LogP contribution >= 0.6 is 11.6 Å². The van der Waals surface area contributed by atoms with Gasteiger partial charge in [-0.05, 0) is 45.7 Å². The molecule has 37 heavy (non-hydrogen) atoms. The minimum Gasteiger partial charge on any atom is -0.356 e. The molecule has 2 aliphatic rings. The number of aromatic amines is 1. The van der Waals surface area contributed by atoms with E-state index in [-0.39, 0.29) is 24.4 Å². The van der Waals surface area contributed by atoms with E-state index < -0.39 is 6.04 Å². The van der Waals surface area contributed by atoms with Gasteiger partial charge in [0.1, 0.15) is 12.6 Å². The highest BCUT2D eigenvalue weighted by Crippen LogP contribution is 2.44. The molecule has 2 atom stereocenters. The Bertz CT molecular complexity index is 1690. The molecule has 6 heteroatoms. The molecule has 5 aromatic rings. The first-order chi connectivity index (χ1) is 18.1. The molecule has 0 spiro atoms. The van der Waals surface area contributed by atoms with Crippen molar-refractivity contribution in [2.24, 2.45) is 0 Å². The molecule has 1 fully saturated rings. The van der Waals surface area contributed by atoms with E-state index in [1.54, 1.807) is 4.90 Å². The van der Waals surface area contributed by atoms with Crippen LogP contribution in [0.3, 0.4) is 0 Å². The van der Waals surface area contributed by atoms with Crippen LogP contribution in [0, 0.1) is 0 Å². The summed E-state index contributed by atoms with van der Waals surface area (Å²) < 4.78 is 0. The Labute approximate surface area is 219 Å². The van der Waals surface area contributed by atoms with Crippen molar-refractivity contribution in [1.82, 2.24) is 14.8 Å². The number of hydrogen-bond acceptors (Lipinski definition) is 2. The number of rotatable bonds is 3. The van der Waals surface area contributed by atoms with Gasteiger partial charge in [0.05, 0.1) is 6.04 Å². The van der Waals surface area contributed by atoms with Gasteiger partial charge in [-0.1, -0.05) is 84.4 Å². The Kier molecular flexibility index (Phi) is 5.08. The van der Waals surface area contributed by atoms with Crippen molar-refractivity contribution in [2.75, 3.05) is 6.54 Å². The SMILES string of the molecule is O=C1[C@@H]2Cc3c([nH]c4ccccc34)[C@@H](c3cccc4ccccc34)N2C(=O)CN1Cc1ccc(Cl)cc1. The maximum Gasteiger partial charge on any atom is 0.246 e. The van der Waals surface area contributed by atoms with E-state index in [2.05, 4.69) is 41.4 Å². The molecule has 5 nitrogen and oxygen atoms in total. The third-order valence-electron chi connectivity index (χ3n) is 7.75. The summed E-state index contributed by atoms with van der Waals surface area (Å²) in [6, 6.07) is 29.1. The van der Waals surface area contributed by atoms with Crippen LogP contribution in [-0.2, 0) is 22.6 Å². The molecule has 2 aliphatic heterocycles. The number of fused-ring (bicyclic) bond motifs is 5. The minimum absolute atomic E-state index is 0.0179. The molecule has 7 rings (SSSR count). The summed E-state index contributed by atoms with van der Waals surface area (Å²) in [4.78, 5) is 35.0. The van der Waals surface area contributed by atoms with Gasteiger partial charge in [0, 0.05) is 34.6 Å². The molecular weight excluding hydrogens is 482 g/mol. The van der Waals surface area contributed by atoms with Crippen molar-refractivity contribution in [1.29, 1.82) is 0 Å². The molecule has 1 saturated heterocycles. The van der Waals surface area contributed by atoms with Crippen LogP contribution in [0.2, 0.25) is 5.02 Å². The minimum atomic E-state index is -0.566. The lowest BCUT2D eigenvalue weighted by molar-refractivity contribution is -0.159. The van der Waals surface area contributed by atoms with Gasteiger partial charge in [0.25, 0.3) is 0 Å². The van der Waals surface area contributed by atoms with E-state index in [0.29, 0.717) is 18.0 Å². The monoisotopic (exact) mass is 505 g/mol. The summed E-state index contributed by atoms with van der Waals surface area (Å²) >= 11 is 6.05. The van der Waals surface area contributed by atoms with Crippen LogP contribution in [-0.4, -0.2) is 39.2 Å². The quantitative estimate of drug-likeness (QED) is 0.334. The van der Waals surface area contributed by atoms with Crippen LogP contribution in [0.25, 0.3) is 21.7 Å². The smallest absolute Gasteiger partial charge is 0.246 e. The molecule has 1 aromatic heterocycles. The van der Waals surface area contributed by atoms with E-state index in [1.807, 2.05) is 59.5 Å². The number of aromatic nitrogens is 1. The molecule has 182 valence electrons. The summed E-state index contributed by atoms with van der Waals surface area (Å²) in [7, 11) is 0. The van der Waals surface area contributed by atoms with Crippen molar-refractivity contribution in [3.8, 4) is 0 Å². The number of piperazine rings is 1. The summed E-state index contributed by atoms with van der Waals surface area (Å²) in [6.07, 6.45) is 0.488. The van der Waals surface area contributed by atoms with Crippen molar-refractivity contribution < 1.29 is 9.59 Å². The number of carbonyl (C=O) groups excluding carboxylic acids is 2. The summed E-state index contributed by atoms with van der Waals surface area (Å²) in [6.45, 7) is 0.431. The van der Waals surface area contributed by atoms with Crippen molar-refractivity contribution in [2.45, 2.75) is 25.0 Å². The standard InChI is InChI=1S/C31H24ClN3O2/c32-21-14-12-19(13-15-21)17-34-18-28(36)35-27(31(34)37)16-25-23-9-3-4-11-26(23)33-29(25)30(35)24-10-5-7-20-6-1-2-8-22(20)24/h1-15,27,30,33H,16-18H2/t27-,30+/m0/s1. The van der Waals surface area contributed by atoms with Gasteiger partial charge in [-0.3, -0.25) is 9.59 Å². The van der Waals surface area contributed by atoms with Gasteiger partial charge < -0.3 is 14.8 Å². The molecule has 0 aliphatic carbocycles. The fourth-order valence-electron chi connectivity index (χ4n) is 6.08. The first-order valence-electron chi connectivity index (χ1n) is 12.5. The number of H-pyrrole nitrogens is 1. The Balaban J connectivity index is 1.38. The molecule has 2 amide bonds. The number of para-hydroxylation sites is 1. The zero-order chi connectivity index (χ0) is 25.1. The molecule has 3 heterocycles. The normalized spacial score (nSPS) is 19.4. The largest absolute Gasteiger partial charge is 0.356 e. The predicted molar refractivity (Wildman–Crippen MR) is 145 cm³/mol. The molecule has 4 aromatic carbocycles. The lowest BCUT2D eigenvalue weighted by Crippen LogP contribution is -2.62. The molecule has 0 unspecified atom stereocenters. The maximum atomic E-state index is 14.0. The molecule has 0 bridgehead atoms. The molecular formula is C31H24ClN3O2. The topological polar surface area (TPSA) is 56.4 Å². The summed E-state index contributed by atoms with van der Waals surface area (Å²) in [5.74, 6) is -0.0588. The Morgan fingerprint density at radius 3 is 2.41 bits per heavy atom. The third kappa shape index (κ3) is 3.53. The molecule has 0 saturated carbocycles. The van der Waals surface area contributed by atoms with Crippen LogP contribution in [0.1, 0.15) is 28.4 Å². The van der Waals surface area contributed by atoms with Crippen LogP contribution < -0.4 is 0 Å². The summed E-state index contributed by atoms with van der Waals surface area (Å²) in [5.41, 5.74) is 5.12. The number of nitrogens with one attached hydrogen (secondary N) is 1. The Morgan fingerprint density at radius 1 is 0.838 bits per heavy atom. The third-order valence-corrected chi connectivity index (χ3v) is 8.00. The Hall–Kier alpha value is -4.09. The van der Waals surface area contributed by atoms with Crippen LogP contribution in [0.5, 0.6) is 0 Å². The number of nitrogens with zero attached hydrogens (tertiary/aromatic N) is 2. The highest BCUT2D eigenvalue weighted by molar-refractivity contribution is 6.30. The van der Waals surface area contributed by atoms with E-state index in [1.165, 1.54) is 0 Å². The lowest BCUT2D eigenvalue weighted by atomic mass is 9.84.